The number of sulfonamides is 1. The molecule has 10 heteroatoms. The van der Waals surface area contributed by atoms with Gasteiger partial charge in [-0.2, -0.15) is 0 Å². The smallest absolute Gasteiger partial charge is 0.264 e. The Morgan fingerprint density at radius 2 is 1.68 bits per heavy atom. The van der Waals surface area contributed by atoms with Crippen LogP contribution in [0.2, 0.25) is 5.02 Å². The lowest BCUT2D eigenvalue weighted by Crippen LogP contribution is -2.50. The van der Waals surface area contributed by atoms with Gasteiger partial charge in [0.2, 0.25) is 11.8 Å². The molecule has 3 aromatic carbocycles. The fourth-order valence-electron chi connectivity index (χ4n) is 3.74. The Bertz CT molecular complexity index is 1350. The number of likely N-dealkylation sites (N-methyl/N-ethyl adjacent to an activating group) is 1. The van der Waals surface area contributed by atoms with E-state index in [2.05, 4.69) is 5.32 Å². The number of halogens is 1. The van der Waals surface area contributed by atoms with Gasteiger partial charge in [0.1, 0.15) is 18.3 Å². The number of anilines is 1. The van der Waals surface area contributed by atoms with Crippen LogP contribution in [0.4, 0.5) is 5.69 Å². The number of carbonyl (C=O) groups is 2. The highest BCUT2D eigenvalue weighted by molar-refractivity contribution is 7.92. The first-order chi connectivity index (χ1) is 17.6. The van der Waals surface area contributed by atoms with Crippen molar-refractivity contribution in [2.24, 2.45) is 0 Å². The monoisotopic (exact) mass is 543 g/mol. The Hall–Kier alpha value is -3.56. The number of rotatable bonds is 10. The summed E-state index contributed by atoms with van der Waals surface area (Å²) in [4.78, 5) is 27.6. The predicted octanol–water partition coefficient (Wildman–Crippen LogP) is 4.02. The number of methoxy groups -OCH3 is 1. The lowest BCUT2D eigenvalue weighted by Gasteiger charge is -2.31. The van der Waals surface area contributed by atoms with Gasteiger partial charge in [0.05, 0.1) is 17.7 Å². The van der Waals surface area contributed by atoms with Crippen molar-refractivity contribution in [3.63, 3.8) is 0 Å². The molecule has 0 unspecified atom stereocenters. The summed E-state index contributed by atoms with van der Waals surface area (Å²) < 4.78 is 33.7. The van der Waals surface area contributed by atoms with Gasteiger partial charge in [-0.1, -0.05) is 41.4 Å². The standard InChI is InChI=1S/C27H30ClN3O5S/c1-19-8-14-25(15-9-19)37(34,35)31(23-10-12-24(36-4)13-11-23)18-26(32)30(20(2)27(33)29-3)17-21-6-5-7-22(28)16-21/h5-16,20H,17-18H2,1-4H3,(H,29,33)/t20-/m1/s1. The lowest BCUT2D eigenvalue weighted by molar-refractivity contribution is -0.139. The second-order valence-corrected chi connectivity index (χ2v) is 10.8. The topological polar surface area (TPSA) is 96.0 Å². The van der Waals surface area contributed by atoms with E-state index in [1.165, 1.54) is 31.2 Å². The Morgan fingerprint density at radius 3 is 2.24 bits per heavy atom. The van der Waals surface area contributed by atoms with Crippen molar-refractivity contribution >= 4 is 39.1 Å². The number of nitrogens with one attached hydrogen (secondary N) is 1. The second-order valence-electron chi connectivity index (χ2n) is 8.46. The maximum Gasteiger partial charge on any atom is 0.264 e. The molecule has 1 N–H and O–H groups in total. The molecule has 0 aliphatic rings. The molecule has 0 bridgehead atoms. The van der Waals surface area contributed by atoms with E-state index in [4.69, 9.17) is 16.3 Å². The number of carbonyl (C=O) groups excluding carboxylic acids is 2. The normalized spacial score (nSPS) is 11.9. The molecule has 0 aliphatic carbocycles. The predicted molar refractivity (Wildman–Crippen MR) is 144 cm³/mol. The third-order valence-corrected chi connectivity index (χ3v) is 7.93. The minimum Gasteiger partial charge on any atom is -0.497 e. The molecule has 196 valence electrons. The average molecular weight is 544 g/mol. The fraction of sp³-hybridized carbons (Fsp3) is 0.259. The van der Waals surface area contributed by atoms with Crippen LogP contribution >= 0.6 is 11.6 Å². The van der Waals surface area contributed by atoms with Gasteiger partial charge in [0.25, 0.3) is 10.0 Å². The van der Waals surface area contributed by atoms with Gasteiger partial charge < -0.3 is 15.0 Å². The summed E-state index contributed by atoms with van der Waals surface area (Å²) in [6.45, 7) is 2.99. The van der Waals surface area contributed by atoms with Crippen LogP contribution in [0.1, 0.15) is 18.1 Å². The van der Waals surface area contributed by atoms with Crippen LogP contribution in [0.5, 0.6) is 5.75 Å². The Morgan fingerprint density at radius 1 is 1.03 bits per heavy atom. The summed E-state index contributed by atoms with van der Waals surface area (Å²) >= 11 is 6.12. The highest BCUT2D eigenvalue weighted by Crippen LogP contribution is 2.27. The zero-order chi connectivity index (χ0) is 27.2. The summed E-state index contributed by atoms with van der Waals surface area (Å²) in [5.74, 6) is -0.395. The number of hydrogen-bond donors (Lipinski definition) is 1. The van der Waals surface area contributed by atoms with Crippen LogP contribution in [0.25, 0.3) is 0 Å². The van der Waals surface area contributed by atoms with Crippen LogP contribution in [-0.4, -0.2) is 51.9 Å². The van der Waals surface area contributed by atoms with Crippen molar-refractivity contribution in [2.45, 2.75) is 31.3 Å². The number of amides is 2. The second kappa shape index (κ2) is 12.1. The molecule has 3 rings (SSSR count). The van der Waals surface area contributed by atoms with E-state index in [1.807, 2.05) is 6.92 Å². The zero-order valence-electron chi connectivity index (χ0n) is 21.1. The van der Waals surface area contributed by atoms with Gasteiger partial charge in [-0.05, 0) is 67.9 Å². The quantitative estimate of drug-likeness (QED) is 0.417. The summed E-state index contributed by atoms with van der Waals surface area (Å²) in [6.07, 6.45) is 0. The van der Waals surface area contributed by atoms with Gasteiger partial charge in [0, 0.05) is 18.6 Å². The molecule has 0 radical (unpaired) electrons. The van der Waals surface area contributed by atoms with Crippen molar-refractivity contribution in [1.29, 1.82) is 0 Å². The Balaban J connectivity index is 2.03. The van der Waals surface area contributed by atoms with E-state index in [1.54, 1.807) is 67.6 Å². The van der Waals surface area contributed by atoms with Gasteiger partial charge in [-0.15, -0.1) is 0 Å². The van der Waals surface area contributed by atoms with Crippen molar-refractivity contribution in [3.8, 4) is 5.75 Å². The average Bonchev–Trinajstić information content (AvgIpc) is 2.89. The van der Waals surface area contributed by atoms with Crippen LogP contribution in [0, 0.1) is 6.92 Å². The van der Waals surface area contributed by atoms with Gasteiger partial charge >= 0.3 is 0 Å². The summed E-state index contributed by atoms with van der Waals surface area (Å²) in [6, 6.07) is 18.8. The molecule has 0 saturated carbocycles. The highest BCUT2D eigenvalue weighted by atomic mass is 35.5. The molecule has 2 amide bonds. The zero-order valence-corrected chi connectivity index (χ0v) is 22.7. The summed E-state index contributed by atoms with van der Waals surface area (Å²) in [5.41, 5.74) is 1.89. The minimum atomic E-state index is -4.13. The molecule has 0 aromatic heterocycles. The molecule has 0 saturated heterocycles. The fourth-order valence-corrected chi connectivity index (χ4v) is 5.37. The molecule has 0 fully saturated rings. The highest BCUT2D eigenvalue weighted by Gasteiger charge is 2.32. The largest absolute Gasteiger partial charge is 0.497 e. The Kier molecular flexibility index (Phi) is 9.18. The van der Waals surface area contributed by atoms with Crippen LogP contribution in [0.3, 0.4) is 0 Å². The number of hydrogen-bond acceptors (Lipinski definition) is 5. The number of benzene rings is 3. The summed E-state index contributed by atoms with van der Waals surface area (Å²) in [5, 5.41) is 3.04. The molecule has 1 atom stereocenters. The number of aryl methyl sites for hydroxylation is 1. The molecule has 8 nitrogen and oxygen atoms in total. The summed E-state index contributed by atoms with van der Waals surface area (Å²) in [7, 11) is -1.14. The molecule has 0 spiro atoms. The third-order valence-electron chi connectivity index (χ3n) is 5.90. The van der Waals surface area contributed by atoms with E-state index in [0.717, 1.165) is 9.87 Å². The maximum atomic E-state index is 13.7. The van der Waals surface area contributed by atoms with Crippen molar-refractivity contribution < 1.29 is 22.7 Å². The van der Waals surface area contributed by atoms with Crippen LogP contribution < -0.4 is 14.4 Å². The van der Waals surface area contributed by atoms with E-state index in [0.29, 0.717) is 16.3 Å². The van der Waals surface area contributed by atoms with Crippen LogP contribution in [0.15, 0.2) is 77.7 Å². The van der Waals surface area contributed by atoms with E-state index < -0.39 is 28.5 Å². The number of nitrogens with zero attached hydrogens (tertiary/aromatic N) is 2. The third kappa shape index (κ3) is 6.81. The molecular weight excluding hydrogens is 514 g/mol. The van der Waals surface area contributed by atoms with E-state index >= 15 is 0 Å². The maximum absolute atomic E-state index is 13.7. The van der Waals surface area contributed by atoms with Crippen molar-refractivity contribution in [2.75, 3.05) is 25.0 Å². The van der Waals surface area contributed by atoms with Gasteiger partial charge in [0.15, 0.2) is 0 Å². The Labute approximate surface area is 222 Å². The van der Waals surface area contributed by atoms with Gasteiger partial charge in [-0.3, -0.25) is 13.9 Å². The van der Waals surface area contributed by atoms with Crippen LogP contribution in [-0.2, 0) is 26.2 Å². The first kappa shape index (κ1) is 28.0. The first-order valence-electron chi connectivity index (χ1n) is 11.6. The van der Waals surface area contributed by atoms with Crippen molar-refractivity contribution in [1.82, 2.24) is 10.2 Å². The number of ether oxygens (including phenoxy) is 1. The van der Waals surface area contributed by atoms with E-state index in [9.17, 15) is 18.0 Å². The van der Waals surface area contributed by atoms with Crippen molar-refractivity contribution in [3.05, 3.63) is 88.9 Å². The molecule has 0 aliphatic heterocycles. The lowest BCUT2D eigenvalue weighted by atomic mass is 10.1. The molecular formula is C27H30ClN3O5S. The molecule has 37 heavy (non-hydrogen) atoms. The molecule has 3 aromatic rings. The first-order valence-corrected chi connectivity index (χ1v) is 13.4. The minimum absolute atomic E-state index is 0.0439. The molecule has 0 heterocycles. The van der Waals surface area contributed by atoms with E-state index in [-0.39, 0.29) is 23.0 Å². The SMILES string of the molecule is CNC(=O)[C@@H](C)N(Cc1cccc(Cl)c1)C(=O)CN(c1ccc(OC)cc1)S(=O)(=O)c1ccc(C)cc1. The van der Waals surface area contributed by atoms with Gasteiger partial charge in [-0.25, -0.2) is 8.42 Å².